The molecule has 0 N–H and O–H groups in total. The van der Waals surface area contributed by atoms with E-state index in [4.69, 9.17) is 5.10 Å². The average molecular weight is 391 g/mol. The largest absolute Gasteiger partial charge is 0.266 e. The third kappa shape index (κ3) is 3.37. The van der Waals surface area contributed by atoms with Crippen LogP contribution in [0.4, 0.5) is 0 Å². The van der Waals surface area contributed by atoms with Gasteiger partial charge in [0.25, 0.3) is 0 Å². The van der Waals surface area contributed by atoms with Crippen LogP contribution in [-0.2, 0) is 20.4 Å². The van der Waals surface area contributed by atoms with Gasteiger partial charge in [0.1, 0.15) is 0 Å². The van der Waals surface area contributed by atoms with Crippen molar-refractivity contribution >= 4 is 0 Å². The second-order valence-corrected chi connectivity index (χ2v) is 6.76. The molecule has 0 aliphatic carbocycles. The van der Waals surface area contributed by atoms with Gasteiger partial charge in [0.15, 0.2) is 0 Å². The number of nitrogens with zero attached hydrogens (tertiary/aromatic N) is 2. The molecule has 0 bridgehead atoms. The third-order valence-electron chi connectivity index (χ3n) is 4.27. The minimum absolute atomic E-state index is 0. The van der Waals surface area contributed by atoms with Gasteiger partial charge in [-0.15, -0.1) is 0 Å². The molecule has 0 fully saturated rings. The van der Waals surface area contributed by atoms with Crippen LogP contribution in [0.1, 0.15) is 67.7 Å². The Bertz CT molecular complexity index is 643. The van der Waals surface area contributed by atoms with Gasteiger partial charge in [-0.3, -0.25) is 4.68 Å². The van der Waals surface area contributed by atoms with Gasteiger partial charge in [-0.25, -0.2) is 0 Å². The molecule has 1 aromatic heterocycles. The number of hydrogen-bond donors (Lipinski definition) is 0. The molecule has 0 spiro atoms. The van der Waals surface area contributed by atoms with Crippen molar-refractivity contribution in [2.45, 2.75) is 67.3 Å². The van der Waals surface area contributed by atoms with Crippen molar-refractivity contribution in [1.29, 1.82) is 0 Å². The van der Waals surface area contributed by atoms with E-state index in [-0.39, 0.29) is 20.4 Å². The molecule has 2 nitrogen and oxygen atoms in total. The number of rotatable bonds is 3. The van der Waals surface area contributed by atoms with E-state index in [9.17, 15) is 0 Å². The molecule has 22 heavy (non-hydrogen) atoms. The summed E-state index contributed by atoms with van der Waals surface area (Å²) in [5.74, 6) is 0.569. The zero-order valence-electron chi connectivity index (χ0n) is 15.0. The minimum atomic E-state index is 0. The fourth-order valence-electron chi connectivity index (χ4n) is 3.61. The summed E-state index contributed by atoms with van der Waals surface area (Å²) in [5, 5.41) is 4.72. The van der Waals surface area contributed by atoms with Crippen molar-refractivity contribution in [2.75, 3.05) is 0 Å². The van der Waals surface area contributed by atoms with Gasteiger partial charge in [0.05, 0.1) is 5.69 Å². The number of aromatic nitrogens is 2. The van der Waals surface area contributed by atoms with Crippen molar-refractivity contribution in [3.63, 3.8) is 0 Å². The van der Waals surface area contributed by atoms with Gasteiger partial charge in [0.2, 0.25) is 0 Å². The molecular formula is C19H28N2Pd. The Hall–Kier alpha value is -0.908. The van der Waals surface area contributed by atoms with Gasteiger partial charge < -0.3 is 0 Å². The van der Waals surface area contributed by atoms with Crippen LogP contribution >= 0.6 is 0 Å². The molecule has 2 rings (SSSR count). The third-order valence-corrected chi connectivity index (χ3v) is 4.27. The summed E-state index contributed by atoms with van der Waals surface area (Å²) in [5.41, 5.74) is 9.23. The molecule has 0 aliphatic rings. The van der Waals surface area contributed by atoms with E-state index in [0.29, 0.717) is 12.0 Å². The summed E-state index contributed by atoms with van der Waals surface area (Å²) in [6, 6.07) is 5.04. The molecular weight excluding hydrogens is 363 g/mol. The van der Waals surface area contributed by atoms with Crippen LogP contribution in [0.5, 0.6) is 0 Å². The molecule has 0 radical (unpaired) electrons. The van der Waals surface area contributed by atoms with Crippen molar-refractivity contribution in [2.24, 2.45) is 0 Å². The van der Waals surface area contributed by atoms with Crippen LogP contribution in [0.2, 0.25) is 0 Å². The first-order chi connectivity index (χ1) is 9.73. The zero-order valence-corrected chi connectivity index (χ0v) is 16.6. The topological polar surface area (TPSA) is 17.8 Å². The monoisotopic (exact) mass is 390 g/mol. The Morgan fingerprint density at radius 2 is 1.41 bits per heavy atom. The second-order valence-electron chi connectivity index (χ2n) is 6.76. The molecule has 0 atom stereocenters. The van der Waals surface area contributed by atoms with Gasteiger partial charge in [-0.1, -0.05) is 26.0 Å². The Morgan fingerprint density at radius 1 is 0.909 bits per heavy atom. The predicted octanol–water partition coefficient (Wildman–Crippen LogP) is 5.49. The Balaban J connectivity index is 0.00000242. The van der Waals surface area contributed by atoms with Crippen LogP contribution in [0, 0.1) is 27.7 Å². The van der Waals surface area contributed by atoms with Crippen molar-refractivity contribution < 1.29 is 20.4 Å². The Morgan fingerprint density at radius 3 is 1.77 bits per heavy atom. The van der Waals surface area contributed by atoms with E-state index in [0.717, 1.165) is 5.69 Å². The number of hydrogen-bond acceptors (Lipinski definition) is 1. The standard InChI is InChI=1S/C19H28N2.Pd/c1-11(2)18-13(5)9-17(10-14(18)6)19-15(7)20-21(12(3)4)16(19)8;/h9-12H,1-8H3;. The first-order valence-electron chi connectivity index (χ1n) is 7.91. The Kier molecular flexibility index (Phi) is 6.19. The quantitative estimate of drug-likeness (QED) is 0.634. The van der Waals surface area contributed by atoms with Crippen molar-refractivity contribution in [3.8, 4) is 11.1 Å². The zero-order chi connectivity index (χ0) is 15.9. The molecule has 124 valence electrons. The van der Waals surface area contributed by atoms with Crippen LogP contribution in [-0.4, -0.2) is 9.78 Å². The maximum atomic E-state index is 4.72. The van der Waals surface area contributed by atoms with Gasteiger partial charge in [-0.2, -0.15) is 5.10 Å². The van der Waals surface area contributed by atoms with Crippen molar-refractivity contribution in [1.82, 2.24) is 9.78 Å². The fraction of sp³-hybridized carbons (Fsp3) is 0.526. The summed E-state index contributed by atoms with van der Waals surface area (Å²) < 4.78 is 2.13. The maximum Gasteiger partial charge on any atom is 0.0675 e. The van der Waals surface area contributed by atoms with Crippen LogP contribution in [0.3, 0.4) is 0 Å². The molecule has 0 amide bonds. The fourth-order valence-corrected chi connectivity index (χ4v) is 3.61. The Labute approximate surface area is 149 Å². The van der Waals surface area contributed by atoms with E-state index in [1.165, 1.54) is 33.5 Å². The number of aryl methyl sites for hydroxylation is 3. The summed E-state index contributed by atoms with van der Waals surface area (Å²) >= 11 is 0. The number of benzene rings is 1. The second kappa shape index (κ2) is 7.11. The molecule has 0 aliphatic heterocycles. The van der Waals surface area contributed by atoms with E-state index < -0.39 is 0 Å². The predicted molar refractivity (Wildman–Crippen MR) is 91.1 cm³/mol. The first-order valence-corrected chi connectivity index (χ1v) is 7.91. The summed E-state index contributed by atoms with van der Waals surface area (Å²) in [6.45, 7) is 17.6. The average Bonchev–Trinajstić information content (AvgIpc) is 2.63. The van der Waals surface area contributed by atoms with Crippen LogP contribution in [0.25, 0.3) is 11.1 Å². The van der Waals surface area contributed by atoms with Crippen LogP contribution in [0.15, 0.2) is 12.1 Å². The first kappa shape index (κ1) is 19.1. The summed E-state index contributed by atoms with van der Waals surface area (Å²) in [6.07, 6.45) is 0. The molecule has 0 saturated carbocycles. The van der Waals surface area contributed by atoms with Crippen LogP contribution < -0.4 is 0 Å². The van der Waals surface area contributed by atoms with E-state index in [1.54, 1.807) is 0 Å². The summed E-state index contributed by atoms with van der Waals surface area (Å²) in [4.78, 5) is 0. The molecule has 2 aromatic rings. The minimum Gasteiger partial charge on any atom is -0.266 e. The SMILES string of the molecule is Cc1cc(-c2c(C)nn(C(C)C)c2C)cc(C)c1C(C)C.[Pd]. The van der Waals surface area contributed by atoms with Crippen molar-refractivity contribution in [3.05, 3.63) is 40.2 Å². The van der Waals surface area contributed by atoms with Gasteiger partial charge in [0, 0.05) is 37.7 Å². The van der Waals surface area contributed by atoms with Gasteiger partial charge in [-0.05, 0) is 69.7 Å². The summed E-state index contributed by atoms with van der Waals surface area (Å²) in [7, 11) is 0. The molecule has 0 saturated heterocycles. The van der Waals surface area contributed by atoms with Gasteiger partial charge >= 0.3 is 0 Å². The van der Waals surface area contributed by atoms with E-state index in [1.807, 2.05) is 0 Å². The smallest absolute Gasteiger partial charge is 0.0675 e. The molecule has 1 heterocycles. The van der Waals surface area contributed by atoms with E-state index in [2.05, 4.69) is 72.2 Å². The molecule has 1 aromatic carbocycles. The molecule has 3 heteroatoms. The molecule has 0 unspecified atom stereocenters. The normalized spacial score (nSPS) is 11.2. The maximum absolute atomic E-state index is 4.72. The van der Waals surface area contributed by atoms with E-state index >= 15 is 0 Å².